The highest BCUT2D eigenvalue weighted by Gasteiger charge is 2.05. The fourth-order valence-corrected chi connectivity index (χ4v) is 2.51. The van der Waals surface area contributed by atoms with E-state index in [4.69, 9.17) is 16.9 Å². The predicted octanol–water partition coefficient (Wildman–Crippen LogP) is 0.661. The van der Waals surface area contributed by atoms with Gasteiger partial charge in [-0.15, -0.1) is 0 Å². The molecule has 2 rings (SSSR count). The molecule has 0 saturated heterocycles. The van der Waals surface area contributed by atoms with Crippen LogP contribution in [-0.2, 0) is 6.54 Å². The van der Waals surface area contributed by atoms with Gasteiger partial charge in [-0.3, -0.25) is 9.98 Å². The topological polar surface area (TPSA) is 126 Å². The third-order valence-corrected chi connectivity index (χ3v) is 3.53. The van der Waals surface area contributed by atoms with Crippen LogP contribution in [0.5, 0.6) is 0 Å². The summed E-state index contributed by atoms with van der Waals surface area (Å²) in [7, 11) is 0. The largest absolute Gasteiger partial charge is 0.370 e. The summed E-state index contributed by atoms with van der Waals surface area (Å²) in [4.78, 5) is 18.2. The van der Waals surface area contributed by atoms with Gasteiger partial charge in [-0.2, -0.15) is 4.99 Å². The average Bonchev–Trinajstić information content (AvgIpc) is 2.70. The summed E-state index contributed by atoms with van der Waals surface area (Å²) in [5, 5.41) is 7.57. The van der Waals surface area contributed by atoms with E-state index in [-0.39, 0.29) is 16.8 Å². The number of imidazole rings is 1. The number of guanidine groups is 1. The van der Waals surface area contributed by atoms with Gasteiger partial charge in [0.05, 0.1) is 11.0 Å². The van der Waals surface area contributed by atoms with Gasteiger partial charge < -0.3 is 16.5 Å². The lowest BCUT2D eigenvalue weighted by molar-refractivity contribution is 0.680. The number of aryl methyl sites for hydroxylation is 1. The molecule has 0 bridgehead atoms. The molecule has 6 N–H and O–H groups in total. The minimum atomic E-state index is -0.115. The van der Waals surface area contributed by atoms with E-state index < -0.39 is 0 Å². The number of fused-ring (bicyclic) bond motifs is 1. The molecule has 20 heavy (non-hydrogen) atoms. The number of nitrogens with two attached hydrogens (primary N) is 2. The summed E-state index contributed by atoms with van der Waals surface area (Å²) in [6.07, 6.45) is 0.745. The van der Waals surface area contributed by atoms with Gasteiger partial charge in [-0.05, 0) is 18.6 Å². The number of rotatable bonds is 4. The Bertz CT molecular complexity index is 697. The highest BCUT2D eigenvalue weighted by atomic mass is 32.2. The number of para-hydroxylation sites is 2. The Kier molecular flexibility index (Phi) is 4.46. The standard InChI is InChI=1S/C12H16N6OS/c13-10(14)17-11(15)20-7-3-6-18-9-5-2-1-4-8(9)16-12(18)19/h1-2,4-5H,3,6-7H2,(H,16,19)(H5,13,14,15,17). The first kappa shape index (κ1) is 14.2. The van der Waals surface area contributed by atoms with Crippen molar-refractivity contribution < 1.29 is 0 Å². The average molecular weight is 292 g/mol. The SMILES string of the molecule is N=C(N=C(N)N)SCCCn1c(=O)[nH]c2ccccc21. The van der Waals surface area contributed by atoms with Crippen LogP contribution in [0.25, 0.3) is 11.0 Å². The number of nitrogens with zero attached hydrogens (tertiary/aromatic N) is 2. The van der Waals surface area contributed by atoms with Gasteiger partial charge in [-0.1, -0.05) is 23.9 Å². The third-order valence-electron chi connectivity index (χ3n) is 2.68. The zero-order valence-electron chi connectivity index (χ0n) is 10.8. The molecule has 0 amide bonds. The minimum Gasteiger partial charge on any atom is -0.370 e. The van der Waals surface area contributed by atoms with Crippen molar-refractivity contribution in [1.82, 2.24) is 9.55 Å². The molecule has 0 aliphatic heterocycles. The molecule has 1 aromatic heterocycles. The fraction of sp³-hybridized carbons (Fsp3) is 0.250. The van der Waals surface area contributed by atoms with Crippen LogP contribution in [0, 0.1) is 5.41 Å². The second-order valence-electron chi connectivity index (χ2n) is 4.14. The van der Waals surface area contributed by atoms with Crippen molar-refractivity contribution >= 4 is 33.9 Å². The van der Waals surface area contributed by atoms with Gasteiger partial charge in [0.25, 0.3) is 0 Å². The maximum atomic E-state index is 11.8. The smallest absolute Gasteiger partial charge is 0.326 e. The summed E-state index contributed by atoms with van der Waals surface area (Å²) in [5.74, 6) is 0.553. The molecular formula is C12H16N6OS. The monoisotopic (exact) mass is 292 g/mol. The van der Waals surface area contributed by atoms with Crippen molar-refractivity contribution in [2.24, 2.45) is 16.5 Å². The summed E-state index contributed by atoms with van der Waals surface area (Å²) < 4.78 is 1.69. The Morgan fingerprint density at radius 2 is 2.15 bits per heavy atom. The van der Waals surface area contributed by atoms with Crippen LogP contribution in [0.3, 0.4) is 0 Å². The number of H-pyrrole nitrogens is 1. The zero-order chi connectivity index (χ0) is 14.5. The van der Waals surface area contributed by atoms with Gasteiger partial charge in [0.1, 0.15) is 0 Å². The molecule has 1 heterocycles. The van der Waals surface area contributed by atoms with Crippen molar-refractivity contribution in [3.63, 3.8) is 0 Å². The van der Waals surface area contributed by atoms with Crippen LogP contribution in [-0.4, -0.2) is 26.4 Å². The Hall–Kier alpha value is -2.22. The highest BCUT2D eigenvalue weighted by molar-refractivity contribution is 8.13. The molecule has 8 heteroatoms. The summed E-state index contributed by atoms with van der Waals surface area (Å²) >= 11 is 1.25. The number of hydrogen-bond donors (Lipinski definition) is 4. The van der Waals surface area contributed by atoms with Crippen molar-refractivity contribution in [1.29, 1.82) is 5.41 Å². The number of nitrogens with one attached hydrogen (secondary N) is 2. The van der Waals surface area contributed by atoms with Crippen LogP contribution in [0.1, 0.15) is 6.42 Å². The molecule has 7 nitrogen and oxygen atoms in total. The quantitative estimate of drug-likeness (QED) is 0.375. The molecule has 0 fully saturated rings. The van der Waals surface area contributed by atoms with Gasteiger partial charge in [0, 0.05) is 12.3 Å². The summed E-state index contributed by atoms with van der Waals surface area (Å²) in [6.45, 7) is 0.588. The number of aromatic nitrogens is 2. The minimum absolute atomic E-state index is 0.0799. The Labute approximate surface area is 119 Å². The second-order valence-corrected chi connectivity index (χ2v) is 5.23. The normalized spacial score (nSPS) is 10.6. The lowest BCUT2D eigenvalue weighted by atomic mass is 10.3. The van der Waals surface area contributed by atoms with E-state index in [2.05, 4.69) is 9.98 Å². The van der Waals surface area contributed by atoms with E-state index in [1.54, 1.807) is 4.57 Å². The van der Waals surface area contributed by atoms with Gasteiger partial charge >= 0.3 is 5.69 Å². The van der Waals surface area contributed by atoms with Crippen LogP contribution in [0.4, 0.5) is 0 Å². The van der Waals surface area contributed by atoms with Crippen molar-refractivity contribution in [2.45, 2.75) is 13.0 Å². The summed E-state index contributed by atoms with van der Waals surface area (Å²) in [6, 6.07) is 7.56. The maximum Gasteiger partial charge on any atom is 0.326 e. The fourth-order valence-electron chi connectivity index (χ4n) is 1.87. The van der Waals surface area contributed by atoms with Crippen LogP contribution >= 0.6 is 11.8 Å². The highest BCUT2D eigenvalue weighted by Crippen LogP contribution is 2.11. The number of thioether (sulfide) groups is 1. The predicted molar refractivity (Wildman–Crippen MR) is 83.2 cm³/mol. The molecule has 1 aromatic carbocycles. The number of hydrogen-bond acceptors (Lipinski definition) is 3. The number of amidine groups is 1. The molecule has 0 spiro atoms. The van der Waals surface area contributed by atoms with Crippen molar-refractivity contribution in [2.75, 3.05) is 5.75 Å². The number of benzene rings is 1. The van der Waals surface area contributed by atoms with Crippen LogP contribution in [0.2, 0.25) is 0 Å². The van der Waals surface area contributed by atoms with Crippen molar-refractivity contribution in [3.05, 3.63) is 34.7 Å². The molecule has 0 atom stereocenters. The van der Waals surface area contributed by atoms with Gasteiger partial charge in [0.15, 0.2) is 11.1 Å². The first-order chi connectivity index (χ1) is 9.58. The first-order valence-corrected chi connectivity index (χ1v) is 7.05. The van der Waals surface area contributed by atoms with E-state index in [0.29, 0.717) is 12.3 Å². The number of aromatic amines is 1. The van der Waals surface area contributed by atoms with E-state index in [1.165, 1.54) is 11.8 Å². The number of aliphatic imine (C=N–C) groups is 1. The third kappa shape index (κ3) is 3.41. The zero-order valence-corrected chi connectivity index (χ0v) is 11.6. The van der Waals surface area contributed by atoms with E-state index in [1.807, 2.05) is 24.3 Å². The maximum absolute atomic E-state index is 11.8. The summed E-state index contributed by atoms with van der Waals surface area (Å²) in [5.41, 5.74) is 12.0. The van der Waals surface area contributed by atoms with Crippen molar-refractivity contribution in [3.8, 4) is 0 Å². The Balaban J connectivity index is 1.94. The Morgan fingerprint density at radius 3 is 2.90 bits per heavy atom. The first-order valence-electron chi connectivity index (χ1n) is 6.06. The molecule has 0 saturated carbocycles. The van der Waals surface area contributed by atoms with Crippen LogP contribution in [0.15, 0.2) is 34.1 Å². The van der Waals surface area contributed by atoms with Gasteiger partial charge in [0.2, 0.25) is 0 Å². The molecule has 0 aliphatic carbocycles. The van der Waals surface area contributed by atoms with E-state index >= 15 is 0 Å². The molecule has 106 valence electrons. The molecule has 2 aromatic rings. The molecule has 0 unspecified atom stereocenters. The van der Waals surface area contributed by atoms with E-state index in [9.17, 15) is 4.79 Å². The Morgan fingerprint density at radius 1 is 1.40 bits per heavy atom. The lowest BCUT2D eigenvalue weighted by Gasteiger charge is -2.03. The molecular weight excluding hydrogens is 276 g/mol. The van der Waals surface area contributed by atoms with Crippen LogP contribution < -0.4 is 17.2 Å². The lowest BCUT2D eigenvalue weighted by Crippen LogP contribution is -2.23. The molecule has 0 aliphatic rings. The van der Waals surface area contributed by atoms with E-state index in [0.717, 1.165) is 17.5 Å². The van der Waals surface area contributed by atoms with Gasteiger partial charge in [-0.25, -0.2) is 4.79 Å². The second kappa shape index (κ2) is 6.29. The molecule has 0 radical (unpaired) electrons.